The molecule has 0 fully saturated rings. The molecule has 9 nitrogen and oxygen atoms in total. The first-order chi connectivity index (χ1) is 15.0. The number of hydrogen-bond donors (Lipinski definition) is 2. The van der Waals surface area contributed by atoms with Crippen molar-refractivity contribution in [3.05, 3.63) is 41.5 Å². The number of urea groups is 1. The van der Waals surface area contributed by atoms with Gasteiger partial charge in [0.15, 0.2) is 0 Å². The summed E-state index contributed by atoms with van der Waals surface area (Å²) in [6, 6.07) is 3.98. The van der Waals surface area contributed by atoms with E-state index >= 15 is 0 Å². The summed E-state index contributed by atoms with van der Waals surface area (Å²) in [6.45, 7) is 0.460. The Labute approximate surface area is 185 Å². The maximum Gasteiger partial charge on any atom is 0.328 e. The number of carbonyl (C=O) groups excluding carboxylic acids is 2. The molecular weight excluding hydrogens is 420 g/mol. The molecule has 2 amide bonds. The molecule has 0 saturated heterocycles. The van der Waals surface area contributed by atoms with Gasteiger partial charge in [-0.2, -0.15) is 11.8 Å². The fourth-order valence-corrected chi connectivity index (χ4v) is 4.15. The molecule has 0 saturated carbocycles. The van der Waals surface area contributed by atoms with E-state index in [0.29, 0.717) is 30.9 Å². The number of thioether (sulfide) groups is 1. The Kier molecular flexibility index (Phi) is 7.67. The second kappa shape index (κ2) is 10.4. The van der Waals surface area contributed by atoms with Crippen LogP contribution in [-0.2, 0) is 16.0 Å². The summed E-state index contributed by atoms with van der Waals surface area (Å²) in [5.41, 5.74) is 2.54. The van der Waals surface area contributed by atoms with Crippen LogP contribution < -0.4 is 14.8 Å². The molecule has 0 spiro atoms. The lowest BCUT2D eigenvalue weighted by atomic mass is 9.95. The van der Waals surface area contributed by atoms with Crippen LogP contribution in [0.2, 0.25) is 0 Å². The van der Waals surface area contributed by atoms with Crippen LogP contribution in [0.3, 0.4) is 0 Å². The molecule has 2 heterocycles. The van der Waals surface area contributed by atoms with Gasteiger partial charge in [0.1, 0.15) is 23.6 Å². The van der Waals surface area contributed by atoms with Gasteiger partial charge in [0.2, 0.25) is 0 Å². The van der Waals surface area contributed by atoms with Crippen LogP contribution in [-0.4, -0.2) is 72.8 Å². The van der Waals surface area contributed by atoms with Gasteiger partial charge in [0.25, 0.3) is 0 Å². The summed E-state index contributed by atoms with van der Waals surface area (Å²) in [4.78, 5) is 34.8. The molecule has 1 aliphatic rings. The molecule has 1 aromatic carbocycles. The van der Waals surface area contributed by atoms with Gasteiger partial charge < -0.3 is 29.4 Å². The van der Waals surface area contributed by atoms with Crippen molar-refractivity contribution in [2.45, 2.75) is 24.9 Å². The predicted octanol–water partition coefficient (Wildman–Crippen LogP) is 2.38. The lowest BCUT2D eigenvalue weighted by Crippen LogP contribution is -2.51. The van der Waals surface area contributed by atoms with E-state index in [-0.39, 0.29) is 6.03 Å². The monoisotopic (exact) mass is 448 g/mol. The van der Waals surface area contributed by atoms with Crippen LogP contribution in [0.1, 0.15) is 29.4 Å². The number of amides is 2. The highest BCUT2D eigenvalue weighted by Gasteiger charge is 2.36. The number of ether oxygens (including phenoxy) is 3. The number of benzene rings is 1. The zero-order chi connectivity index (χ0) is 22.4. The zero-order valence-electron chi connectivity index (χ0n) is 18.1. The molecule has 3 rings (SSSR count). The Morgan fingerprint density at radius 2 is 1.97 bits per heavy atom. The fourth-order valence-electron chi connectivity index (χ4n) is 3.68. The highest BCUT2D eigenvalue weighted by atomic mass is 32.2. The predicted molar refractivity (Wildman–Crippen MR) is 118 cm³/mol. The van der Waals surface area contributed by atoms with E-state index in [1.54, 1.807) is 43.3 Å². The van der Waals surface area contributed by atoms with Crippen molar-refractivity contribution in [2.24, 2.45) is 0 Å². The van der Waals surface area contributed by atoms with E-state index in [9.17, 15) is 9.59 Å². The topological polar surface area (TPSA) is 106 Å². The number of esters is 1. The molecule has 0 unspecified atom stereocenters. The number of hydrogen-bond acceptors (Lipinski definition) is 7. The van der Waals surface area contributed by atoms with Crippen LogP contribution >= 0.6 is 11.8 Å². The summed E-state index contributed by atoms with van der Waals surface area (Å²) in [5, 5.41) is 2.85. The number of nitrogens with zero attached hydrogens (tertiary/aromatic N) is 2. The average Bonchev–Trinajstić information content (AvgIpc) is 3.28. The van der Waals surface area contributed by atoms with E-state index in [4.69, 9.17) is 14.2 Å². The summed E-state index contributed by atoms with van der Waals surface area (Å²) >= 11 is 1.60. The minimum Gasteiger partial charge on any atom is -0.497 e. The van der Waals surface area contributed by atoms with Crippen LogP contribution in [0.5, 0.6) is 11.5 Å². The number of aromatic nitrogens is 2. The van der Waals surface area contributed by atoms with Crippen LogP contribution in [0.25, 0.3) is 0 Å². The maximum absolute atomic E-state index is 13.3. The maximum atomic E-state index is 13.3. The molecule has 0 radical (unpaired) electrons. The third kappa shape index (κ3) is 5.07. The fraction of sp³-hybridized carbons (Fsp3) is 0.476. The van der Waals surface area contributed by atoms with Crippen LogP contribution in [0.15, 0.2) is 24.5 Å². The van der Waals surface area contributed by atoms with E-state index in [1.165, 1.54) is 7.11 Å². The van der Waals surface area contributed by atoms with E-state index < -0.39 is 18.1 Å². The van der Waals surface area contributed by atoms with Crippen molar-refractivity contribution in [1.29, 1.82) is 0 Å². The number of H-pyrrole nitrogens is 1. The van der Waals surface area contributed by atoms with Gasteiger partial charge in [-0.3, -0.25) is 0 Å². The summed E-state index contributed by atoms with van der Waals surface area (Å²) in [5.74, 6) is 1.49. The number of fused-ring (bicyclic) bond motifs is 1. The van der Waals surface area contributed by atoms with Crippen LogP contribution in [0.4, 0.5) is 4.79 Å². The van der Waals surface area contributed by atoms with Gasteiger partial charge in [0, 0.05) is 24.7 Å². The Balaban J connectivity index is 1.95. The van der Waals surface area contributed by atoms with E-state index in [0.717, 1.165) is 22.7 Å². The van der Waals surface area contributed by atoms with E-state index in [2.05, 4.69) is 15.3 Å². The van der Waals surface area contributed by atoms with Gasteiger partial charge >= 0.3 is 12.0 Å². The molecule has 2 aromatic rings. The quantitative estimate of drug-likeness (QED) is 0.597. The van der Waals surface area contributed by atoms with Crippen LogP contribution in [0, 0.1) is 0 Å². The van der Waals surface area contributed by atoms with Gasteiger partial charge in [0.05, 0.1) is 33.4 Å². The smallest absolute Gasteiger partial charge is 0.328 e. The highest BCUT2D eigenvalue weighted by Crippen LogP contribution is 2.37. The van der Waals surface area contributed by atoms with Crippen molar-refractivity contribution in [3.63, 3.8) is 0 Å². The molecule has 0 aliphatic carbocycles. The number of rotatable bonds is 8. The number of carbonyl (C=O) groups is 2. The molecule has 168 valence electrons. The number of methoxy groups -OCH3 is 3. The molecule has 31 heavy (non-hydrogen) atoms. The standard InChI is InChI=1S/C21H28N4O5S/c1-28-14-9-13(10-15(11-14)29-2)19-18-16(22-12-23-18)5-7-25(19)21(27)24-17(6-8-31-4)20(26)30-3/h9-12,17,19H,5-8H2,1-4H3,(H,22,23)(H,24,27)/t17-,19-/m0/s1. The SMILES string of the molecule is COC(=O)[C@H](CCSC)NC(=O)N1CCc2[nH]cnc2[C@@H]1c1cc(OC)cc(OC)c1. The van der Waals surface area contributed by atoms with Crippen molar-refractivity contribution >= 4 is 23.8 Å². The molecule has 2 N–H and O–H groups in total. The van der Waals surface area contributed by atoms with Crippen molar-refractivity contribution < 1.29 is 23.8 Å². The lowest BCUT2D eigenvalue weighted by molar-refractivity contribution is -0.142. The molecule has 0 bridgehead atoms. The summed E-state index contributed by atoms with van der Waals surface area (Å²) in [7, 11) is 4.48. The van der Waals surface area contributed by atoms with Gasteiger partial charge in [-0.05, 0) is 36.1 Å². The zero-order valence-corrected chi connectivity index (χ0v) is 19.0. The highest BCUT2D eigenvalue weighted by molar-refractivity contribution is 7.98. The first-order valence-corrected chi connectivity index (χ1v) is 11.3. The van der Waals surface area contributed by atoms with Crippen molar-refractivity contribution in [1.82, 2.24) is 20.2 Å². The van der Waals surface area contributed by atoms with Crippen molar-refractivity contribution in [3.8, 4) is 11.5 Å². The van der Waals surface area contributed by atoms with Gasteiger partial charge in [-0.15, -0.1) is 0 Å². The molecule has 2 atom stereocenters. The Bertz CT molecular complexity index is 897. The van der Waals surface area contributed by atoms with Gasteiger partial charge in [-0.1, -0.05) is 0 Å². The first kappa shape index (κ1) is 22.8. The third-order valence-electron chi connectivity index (χ3n) is 5.27. The molecular formula is C21H28N4O5S. The van der Waals surface area contributed by atoms with E-state index in [1.807, 2.05) is 18.4 Å². The normalized spacial score (nSPS) is 16.3. The minimum atomic E-state index is -0.717. The average molecular weight is 449 g/mol. The molecule has 10 heteroatoms. The first-order valence-electron chi connectivity index (χ1n) is 9.91. The Hall–Kier alpha value is -2.88. The molecule has 1 aromatic heterocycles. The largest absolute Gasteiger partial charge is 0.497 e. The van der Waals surface area contributed by atoms with Crippen molar-refractivity contribution in [2.75, 3.05) is 39.9 Å². The second-order valence-corrected chi connectivity index (χ2v) is 8.05. The summed E-state index contributed by atoms with van der Waals surface area (Å²) in [6.07, 6.45) is 4.70. The lowest BCUT2D eigenvalue weighted by Gasteiger charge is -2.36. The number of aromatic amines is 1. The second-order valence-electron chi connectivity index (χ2n) is 7.06. The Morgan fingerprint density at radius 1 is 1.26 bits per heavy atom. The third-order valence-corrected chi connectivity index (χ3v) is 5.91. The minimum absolute atomic E-state index is 0.350. The Morgan fingerprint density at radius 3 is 2.58 bits per heavy atom. The number of nitrogens with one attached hydrogen (secondary N) is 2. The molecule has 1 aliphatic heterocycles. The number of imidazole rings is 1. The van der Waals surface area contributed by atoms with Gasteiger partial charge in [-0.25, -0.2) is 14.6 Å². The summed E-state index contributed by atoms with van der Waals surface area (Å²) < 4.78 is 15.7.